The summed E-state index contributed by atoms with van der Waals surface area (Å²) < 4.78 is 7.07. The van der Waals surface area contributed by atoms with Crippen molar-refractivity contribution in [3.05, 3.63) is 28.0 Å². The third-order valence-electron chi connectivity index (χ3n) is 3.13. The number of methoxy groups -OCH3 is 1. The molecule has 0 aliphatic heterocycles. The van der Waals surface area contributed by atoms with Crippen LogP contribution in [0.15, 0.2) is 17.2 Å². The first-order valence-corrected chi connectivity index (χ1v) is 7.90. The summed E-state index contributed by atoms with van der Waals surface area (Å²) in [5.41, 5.74) is 2.26. The molecule has 110 valence electrons. The number of thiazole rings is 1. The topological polar surface area (TPSA) is 38.6 Å². The van der Waals surface area contributed by atoms with Crippen LogP contribution in [0.4, 0.5) is 0 Å². The zero-order valence-electron chi connectivity index (χ0n) is 12.0. The van der Waals surface area contributed by atoms with E-state index < -0.39 is 0 Å². The molecule has 0 saturated heterocycles. The van der Waals surface area contributed by atoms with E-state index in [0.29, 0.717) is 17.7 Å². The van der Waals surface area contributed by atoms with Gasteiger partial charge in [-0.1, -0.05) is 31.0 Å². The normalized spacial score (nSPS) is 12.8. The van der Waals surface area contributed by atoms with E-state index >= 15 is 0 Å². The van der Waals surface area contributed by atoms with E-state index in [4.69, 9.17) is 16.3 Å². The highest BCUT2D eigenvalue weighted by atomic mass is 35.5. The number of nitrogens with one attached hydrogen (secondary N) is 1. The van der Waals surface area contributed by atoms with Gasteiger partial charge in [0.05, 0.1) is 12.3 Å². The van der Waals surface area contributed by atoms with E-state index in [1.54, 1.807) is 18.4 Å². The molecule has 0 radical (unpaired) electrons. The van der Waals surface area contributed by atoms with Crippen LogP contribution in [0.25, 0.3) is 11.0 Å². The molecule has 1 N–H and O–H groups in total. The van der Waals surface area contributed by atoms with E-state index in [1.165, 1.54) is 5.57 Å². The van der Waals surface area contributed by atoms with Gasteiger partial charge in [-0.05, 0) is 12.0 Å². The zero-order chi connectivity index (χ0) is 14.5. The largest absolute Gasteiger partial charge is 0.383 e. The van der Waals surface area contributed by atoms with Gasteiger partial charge in [0.15, 0.2) is 10.1 Å². The van der Waals surface area contributed by atoms with Crippen LogP contribution >= 0.6 is 22.9 Å². The average Bonchev–Trinajstić information content (AvgIpc) is 2.95. The Bertz CT molecular complexity index is 588. The quantitative estimate of drug-likeness (QED) is 0.797. The van der Waals surface area contributed by atoms with Crippen LogP contribution in [-0.4, -0.2) is 36.2 Å². The van der Waals surface area contributed by atoms with E-state index in [9.17, 15) is 0 Å². The Morgan fingerprint density at radius 3 is 3.10 bits per heavy atom. The number of ether oxygens (including phenoxy) is 1. The SMILES string of the molecule is COCCNCC(=Cc1c(Cl)nc2sccn12)C(C)C. The fourth-order valence-electron chi connectivity index (χ4n) is 1.91. The predicted molar refractivity (Wildman–Crippen MR) is 85.6 cm³/mol. The molecule has 0 atom stereocenters. The lowest BCUT2D eigenvalue weighted by Gasteiger charge is -2.12. The molecule has 0 spiro atoms. The standard InChI is InChI=1S/C14H20ClN3OS/c1-10(2)11(9-16-4-6-19-3)8-12-13(15)17-14-18(12)5-7-20-14/h5,7-8,10,16H,4,6,9H2,1-3H3. The van der Waals surface area contributed by atoms with Crippen LogP contribution in [0.1, 0.15) is 19.5 Å². The zero-order valence-corrected chi connectivity index (χ0v) is 13.6. The number of imidazole rings is 1. The summed E-state index contributed by atoms with van der Waals surface area (Å²) in [5, 5.41) is 5.96. The predicted octanol–water partition coefficient (Wildman–Crippen LogP) is 3.32. The van der Waals surface area contributed by atoms with Crippen LogP contribution in [0, 0.1) is 5.92 Å². The Balaban J connectivity index is 2.19. The summed E-state index contributed by atoms with van der Waals surface area (Å²) in [6.45, 7) is 6.75. The number of halogens is 1. The third-order valence-corrected chi connectivity index (χ3v) is 4.16. The van der Waals surface area contributed by atoms with Crippen molar-refractivity contribution < 1.29 is 4.74 Å². The van der Waals surface area contributed by atoms with Crippen molar-refractivity contribution in [2.75, 3.05) is 26.8 Å². The molecule has 0 aliphatic rings. The fourth-order valence-corrected chi connectivity index (χ4v) is 2.91. The summed E-state index contributed by atoms with van der Waals surface area (Å²) >= 11 is 7.82. The van der Waals surface area contributed by atoms with Crippen molar-refractivity contribution in [1.29, 1.82) is 0 Å². The molecule has 2 aromatic rings. The maximum absolute atomic E-state index is 6.23. The Labute approximate surface area is 128 Å². The molecule has 20 heavy (non-hydrogen) atoms. The maximum Gasteiger partial charge on any atom is 0.195 e. The Kier molecular flexibility index (Phi) is 5.60. The van der Waals surface area contributed by atoms with Crippen LogP contribution < -0.4 is 5.32 Å². The second-order valence-corrected chi connectivity index (χ2v) is 6.12. The highest BCUT2D eigenvalue weighted by molar-refractivity contribution is 7.15. The number of fused-ring (bicyclic) bond motifs is 1. The molecule has 0 unspecified atom stereocenters. The lowest BCUT2D eigenvalue weighted by atomic mass is 10.0. The van der Waals surface area contributed by atoms with Gasteiger partial charge in [0.2, 0.25) is 0 Å². The highest BCUT2D eigenvalue weighted by Crippen LogP contribution is 2.24. The molecule has 0 aliphatic carbocycles. The Hall–Kier alpha value is -0.880. The van der Waals surface area contributed by atoms with Gasteiger partial charge < -0.3 is 10.1 Å². The van der Waals surface area contributed by atoms with Crippen molar-refractivity contribution in [1.82, 2.24) is 14.7 Å². The molecule has 0 fully saturated rings. The summed E-state index contributed by atoms with van der Waals surface area (Å²) in [4.78, 5) is 5.28. The van der Waals surface area contributed by atoms with Gasteiger partial charge in [0, 0.05) is 31.8 Å². The molecule has 2 aromatic heterocycles. The number of hydrogen-bond donors (Lipinski definition) is 1. The van der Waals surface area contributed by atoms with Crippen molar-refractivity contribution in [2.45, 2.75) is 13.8 Å². The van der Waals surface area contributed by atoms with Crippen LogP contribution in [0.3, 0.4) is 0 Å². The second-order valence-electron chi connectivity index (χ2n) is 4.89. The lowest BCUT2D eigenvalue weighted by molar-refractivity contribution is 0.200. The monoisotopic (exact) mass is 313 g/mol. The molecule has 2 rings (SSSR count). The fraction of sp³-hybridized carbons (Fsp3) is 0.500. The summed E-state index contributed by atoms with van der Waals surface area (Å²) in [5.74, 6) is 0.449. The molecule has 0 aromatic carbocycles. The molecular weight excluding hydrogens is 294 g/mol. The van der Waals surface area contributed by atoms with Crippen molar-refractivity contribution in [3.8, 4) is 0 Å². The minimum Gasteiger partial charge on any atom is -0.383 e. The van der Waals surface area contributed by atoms with Crippen molar-refractivity contribution in [3.63, 3.8) is 0 Å². The lowest BCUT2D eigenvalue weighted by Crippen LogP contribution is -2.23. The second kappa shape index (κ2) is 7.22. The van der Waals surface area contributed by atoms with Crippen LogP contribution in [-0.2, 0) is 4.74 Å². The van der Waals surface area contributed by atoms with Crippen molar-refractivity contribution >= 4 is 34.0 Å². The number of hydrogen-bond acceptors (Lipinski definition) is 4. The van der Waals surface area contributed by atoms with E-state index in [-0.39, 0.29) is 0 Å². The summed E-state index contributed by atoms with van der Waals surface area (Å²) in [6.07, 6.45) is 4.14. The van der Waals surface area contributed by atoms with Crippen molar-refractivity contribution in [2.24, 2.45) is 5.92 Å². The summed E-state index contributed by atoms with van der Waals surface area (Å²) in [7, 11) is 1.71. The first-order valence-electron chi connectivity index (χ1n) is 6.64. The number of nitrogens with zero attached hydrogens (tertiary/aromatic N) is 2. The van der Waals surface area contributed by atoms with E-state index in [1.807, 2.05) is 16.0 Å². The molecule has 4 nitrogen and oxygen atoms in total. The van der Waals surface area contributed by atoms with Gasteiger partial charge in [-0.15, -0.1) is 11.3 Å². The van der Waals surface area contributed by atoms with Gasteiger partial charge in [-0.25, -0.2) is 4.98 Å². The molecule has 6 heteroatoms. The Morgan fingerprint density at radius 1 is 1.60 bits per heavy atom. The average molecular weight is 314 g/mol. The molecule has 0 amide bonds. The maximum atomic E-state index is 6.23. The molecular formula is C14H20ClN3OS. The van der Waals surface area contributed by atoms with Gasteiger partial charge in [-0.2, -0.15) is 0 Å². The van der Waals surface area contributed by atoms with Gasteiger partial charge in [0.25, 0.3) is 0 Å². The minimum absolute atomic E-state index is 0.449. The smallest absolute Gasteiger partial charge is 0.195 e. The molecule has 0 saturated carbocycles. The minimum atomic E-state index is 0.449. The number of rotatable bonds is 7. The van der Waals surface area contributed by atoms with Crippen LogP contribution in [0.5, 0.6) is 0 Å². The van der Waals surface area contributed by atoms with E-state index in [0.717, 1.165) is 23.7 Å². The van der Waals surface area contributed by atoms with Gasteiger partial charge in [-0.3, -0.25) is 4.40 Å². The number of aromatic nitrogens is 2. The third kappa shape index (κ3) is 3.61. The van der Waals surface area contributed by atoms with Crippen LogP contribution in [0.2, 0.25) is 5.15 Å². The molecule has 2 heterocycles. The van der Waals surface area contributed by atoms with Gasteiger partial charge >= 0.3 is 0 Å². The highest BCUT2D eigenvalue weighted by Gasteiger charge is 2.11. The first-order chi connectivity index (χ1) is 9.63. The Morgan fingerprint density at radius 2 is 2.40 bits per heavy atom. The van der Waals surface area contributed by atoms with Gasteiger partial charge in [0.1, 0.15) is 0 Å². The first kappa shape index (κ1) is 15.5. The van der Waals surface area contributed by atoms with E-state index in [2.05, 4.69) is 30.2 Å². The summed E-state index contributed by atoms with van der Waals surface area (Å²) in [6, 6.07) is 0. The molecule has 0 bridgehead atoms.